The van der Waals surface area contributed by atoms with E-state index in [4.69, 9.17) is 9.15 Å². The molecule has 2 bridgehead atoms. The number of hydrazine groups is 1. The molecule has 174 valence electrons. The van der Waals surface area contributed by atoms with Crippen LogP contribution < -0.4 is 9.57 Å². The van der Waals surface area contributed by atoms with Crippen molar-refractivity contribution < 1.29 is 31.9 Å². The van der Waals surface area contributed by atoms with Gasteiger partial charge in [0, 0.05) is 11.5 Å². The van der Waals surface area contributed by atoms with Crippen molar-refractivity contribution in [3.05, 3.63) is 65.9 Å². The van der Waals surface area contributed by atoms with Gasteiger partial charge < -0.3 is 13.9 Å². The highest BCUT2D eigenvalue weighted by molar-refractivity contribution is 7.89. The molecule has 3 aromatic rings. The van der Waals surface area contributed by atoms with Gasteiger partial charge in [0.05, 0.1) is 24.1 Å². The summed E-state index contributed by atoms with van der Waals surface area (Å²) in [6, 6.07) is 12.6. The van der Waals surface area contributed by atoms with E-state index in [1.54, 1.807) is 49.4 Å². The third kappa shape index (κ3) is 4.91. The first-order valence-corrected chi connectivity index (χ1v) is 11.1. The molecule has 10 heteroatoms. The van der Waals surface area contributed by atoms with Gasteiger partial charge in [-0.15, -0.1) is 4.83 Å². The molecule has 0 saturated carbocycles. The Balaban J connectivity index is 0.00000306. The Hall–Kier alpha value is -3.63. The molecule has 0 spiro atoms. The van der Waals surface area contributed by atoms with Crippen LogP contribution in [0.5, 0.6) is 5.75 Å². The van der Waals surface area contributed by atoms with Crippen molar-refractivity contribution >= 4 is 38.4 Å². The summed E-state index contributed by atoms with van der Waals surface area (Å²) >= 11 is 0. The molecule has 1 amide bonds. The van der Waals surface area contributed by atoms with Gasteiger partial charge in [0.1, 0.15) is 23.7 Å². The lowest BCUT2D eigenvalue weighted by atomic mass is 10.2. The second-order valence-corrected chi connectivity index (χ2v) is 8.68. The number of sulfonamides is 1. The van der Waals surface area contributed by atoms with Gasteiger partial charge in [0.15, 0.2) is 0 Å². The Morgan fingerprint density at radius 1 is 1.15 bits per heavy atom. The maximum Gasteiger partial charge on any atom is 0.337 e. The molecule has 0 radical (unpaired) electrons. The number of nitrogens with zero attached hydrogens (tertiary/aromatic N) is 1. The molecule has 0 aliphatic carbocycles. The number of esters is 1. The minimum absolute atomic E-state index is 0. The van der Waals surface area contributed by atoms with Crippen LogP contribution in [0.2, 0.25) is 0 Å². The lowest BCUT2D eigenvalue weighted by Crippen LogP contribution is -2.47. The molecule has 2 heterocycles. The molecule has 0 unspecified atom stereocenters. The molecule has 0 saturated heterocycles. The van der Waals surface area contributed by atoms with Crippen LogP contribution in [0.15, 0.2) is 63.9 Å². The van der Waals surface area contributed by atoms with Crippen molar-refractivity contribution in [2.45, 2.75) is 19.2 Å². The summed E-state index contributed by atoms with van der Waals surface area (Å²) in [7, 11) is -2.76. The molecule has 1 N–H and O–H groups in total. The fraction of sp³-hybridized carbons (Fsp3) is 0.217. The summed E-state index contributed by atoms with van der Waals surface area (Å²) < 4.78 is 41.9. The Labute approximate surface area is 191 Å². The summed E-state index contributed by atoms with van der Waals surface area (Å²) in [5.41, 5.74) is 1.34. The van der Waals surface area contributed by atoms with Gasteiger partial charge in [-0.3, -0.25) is 9.80 Å². The van der Waals surface area contributed by atoms with Crippen LogP contribution in [0.1, 0.15) is 30.5 Å². The number of hydrogen-bond donors (Lipinski definition) is 1. The molecule has 1 aliphatic rings. The number of carbonyl (C=O) groups excluding carboxylic acids is 2. The molecule has 1 aliphatic heterocycles. The zero-order valence-electron chi connectivity index (χ0n) is 17.3. The van der Waals surface area contributed by atoms with Gasteiger partial charge in [-0.2, -0.15) is 0 Å². The average molecular weight is 473 g/mol. The van der Waals surface area contributed by atoms with Gasteiger partial charge >= 0.3 is 5.97 Å². The van der Waals surface area contributed by atoms with Crippen LogP contribution in [0, 0.1) is 0 Å². The molecule has 1 aromatic heterocycles. The summed E-state index contributed by atoms with van der Waals surface area (Å²) in [6.45, 7) is 1.66. The number of hydrogen-bond acceptors (Lipinski definition) is 7. The van der Waals surface area contributed by atoms with Crippen LogP contribution in [0.3, 0.4) is 0 Å². The van der Waals surface area contributed by atoms with E-state index < -0.39 is 21.9 Å². The average Bonchev–Trinajstić information content (AvgIpc) is 3.22. The van der Waals surface area contributed by atoms with E-state index in [2.05, 4.69) is 9.57 Å². The molecule has 0 atom stereocenters. The Bertz CT molecular complexity index is 1320. The molecular formula is C23H24N2O7S. The van der Waals surface area contributed by atoms with Crippen LogP contribution in [-0.2, 0) is 19.6 Å². The lowest BCUT2D eigenvalue weighted by Gasteiger charge is -2.23. The maximum atomic E-state index is 13.0. The fourth-order valence-electron chi connectivity index (χ4n) is 3.25. The van der Waals surface area contributed by atoms with Crippen LogP contribution in [0.4, 0.5) is 0 Å². The molecule has 33 heavy (non-hydrogen) atoms. The van der Waals surface area contributed by atoms with Crippen molar-refractivity contribution in [2.75, 3.05) is 20.3 Å². The highest BCUT2D eigenvalue weighted by Gasteiger charge is 2.26. The van der Waals surface area contributed by atoms with Crippen molar-refractivity contribution in [3.8, 4) is 5.75 Å². The summed E-state index contributed by atoms with van der Waals surface area (Å²) in [5.74, 6) is -0.166. The Kier molecular flexibility index (Phi) is 6.89. The number of allylic oxidation sites excluding steroid dienone is 1. The second-order valence-electron chi connectivity index (χ2n) is 7.05. The van der Waals surface area contributed by atoms with Gasteiger partial charge in [0.2, 0.25) is 0 Å². The van der Waals surface area contributed by atoms with E-state index in [0.29, 0.717) is 33.6 Å². The van der Waals surface area contributed by atoms with Crippen molar-refractivity contribution in [2.24, 2.45) is 0 Å². The minimum atomic E-state index is -4.06. The van der Waals surface area contributed by atoms with E-state index in [0.717, 1.165) is 5.01 Å². The van der Waals surface area contributed by atoms with Gasteiger partial charge in [-0.25, -0.2) is 13.2 Å². The molecule has 4 rings (SSSR count). The molecule has 9 nitrogen and oxygen atoms in total. The lowest BCUT2D eigenvalue weighted by molar-refractivity contribution is -0.127. The van der Waals surface area contributed by atoms with E-state index in [1.165, 1.54) is 19.3 Å². The third-order valence-corrected chi connectivity index (χ3v) is 6.29. The predicted molar refractivity (Wildman–Crippen MR) is 122 cm³/mol. The number of amides is 1. The van der Waals surface area contributed by atoms with Crippen molar-refractivity contribution in [1.29, 1.82) is 0 Å². The Morgan fingerprint density at radius 3 is 2.58 bits per heavy atom. The zero-order chi connectivity index (χ0) is 22.9. The van der Waals surface area contributed by atoms with Crippen molar-refractivity contribution in [3.63, 3.8) is 0 Å². The molecular weight excluding hydrogens is 448 g/mol. The summed E-state index contributed by atoms with van der Waals surface area (Å²) in [5, 5.41) is 1.41. The zero-order valence-corrected chi connectivity index (χ0v) is 18.1. The molecule has 0 fully saturated rings. The Morgan fingerprint density at radius 2 is 1.88 bits per heavy atom. The number of ether oxygens (including phenoxy) is 2. The highest BCUT2D eigenvalue weighted by atomic mass is 32.2. The smallest absolute Gasteiger partial charge is 0.337 e. The van der Waals surface area contributed by atoms with Crippen LogP contribution in [-0.4, -0.2) is 45.6 Å². The van der Waals surface area contributed by atoms with Gasteiger partial charge in [-0.05, 0) is 55.0 Å². The van der Waals surface area contributed by atoms with E-state index in [9.17, 15) is 18.0 Å². The number of nitrogens with one attached hydrogen (secondary N) is 1. The monoisotopic (exact) mass is 472 g/mol. The van der Waals surface area contributed by atoms with Crippen molar-refractivity contribution in [1.82, 2.24) is 9.84 Å². The third-order valence-electron chi connectivity index (χ3n) is 4.90. The first-order chi connectivity index (χ1) is 15.3. The van der Waals surface area contributed by atoms with Gasteiger partial charge in [0.25, 0.3) is 15.9 Å². The highest BCUT2D eigenvalue weighted by Crippen LogP contribution is 2.30. The maximum absolute atomic E-state index is 13.0. The van der Waals surface area contributed by atoms with Crippen LogP contribution >= 0.6 is 0 Å². The van der Waals surface area contributed by atoms with E-state index >= 15 is 0 Å². The first kappa shape index (κ1) is 24.0. The predicted octanol–water partition coefficient (Wildman–Crippen LogP) is 3.37. The first-order valence-electron chi connectivity index (χ1n) is 9.65. The van der Waals surface area contributed by atoms with Gasteiger partial charge in [-0.1, -0.05) is 13.5 Å². The largest absolute Gasteiger partial charge is 0.492 e. The normalized spacial score (nSPS) is 15.0. The SMILES string of the molecule is C.COC(=O)c1ccc(OCCN2NS(=O)(=O)c3cccc4oc(cc34)C(C)=CC2=O)cc1. The number of fused-ring (bicyclic) bond motifs is 1. The van der Waals surface area contributed by atoms with E-state index in [-0.39, 0.29) is 25.5 Å². The second kappa shape index (κ2) is 9.47. The fourth-order valence-corrected chi connectivity index (χ4v) is 4.53. The topological polar surface area (TPSA) is 115 Å². The number of carbonyl (C=O) groups is 2. The number of furan rings is 1. The molecule has 2 aromatic carbocycles. The quantitative estimate of drug-likeness (QED) is 0.566. The number of benzene rings is 2. The standard InChI is InChI=1S/C22H20N2O7S.CH4/c1-14-12-21(25)24(10-11-30-16-8-6-15(7-9-16)22(26)29-2)23-32(27,28)20-5-3-4-18-17(20)13-19(14)31-18;/h3-9,12-13,23H,10-11H2,1-2H3;1H4. The minimum Gasteiger partial charge on any atom is -0.492 e. The van der Waals surface area contributed by atoms with E-state index in [1.807, 2.05) is 0 Å². The van der Waals surface area contributed by atoms with Crippen LogP contribution in [0.25, 0.3) is 16.5 Å². The summed E-state index contributed by atoms with van der Waals surface area (Å²) in [4.78, 5) is 26.6. The number of methoxy groups -OCH3 is 1. The number of rotatable bonds is 5. The summed E-state index contributed by atoms with van der Waals surface area (Å²) in [6.07, 6.45) is 1.30.